The Hall–Kier alpha value is -3.36. The first kappa shape index (κ1) is 35.7. The van der Waals surface area contributed by atoms with Gasteiger partial charge in [-0.25, -0.2) is 9.59 Å². The number of carbonyl (C=O) groups excluding carboxylic acids is 3. The topological polar surface area (TPSA) is 116 Å². The zero-order chi connectivity index (χ0) is 32.1. The number of carbonyl (C=O) groups is 4. The maximum atomic E-state index is 14.2. The Bertz CT molecular complexity index is 1110. The van der Waals surface area contributed by atoms with Crippen molar-refractivity contribution in [1.29, 1.82) is 0 Å². The highest BCUT2D eigenvalue weighted by Crippen LogP contribution is 2.32. The number of nitrogens with one attached hydrogen (secondary N) is 1. The summed E-state index contributed by atoms with van der Waals surface area (Å²) < 4.78 is 5.61. The lowest BCUT2D eigenvalue weighted by Gasteiger charge is -2.42. The van der Waals surface area contributed by atoms with Gasteiger partial charge in [-0.15, -0.1) is 0 Å². The summed E-state index contributed by atoms with van der Waals surface area (Å²) in [5.74, 6) is -2.02. The quantitative estimate of drug-likeness (QED) is 0.370. The van der Waals surface area contributed by atoms with Crippen molar-refractivity contribution in [3.8, 4) is 0 Å². The minimum absolute atomic E-state index is 0.0855. The SMILES string of the molecule is C/C(=C\[C@H](C(C)C)N(C)C(=O)C(NC(=O)[C@@H](N(C)C(=O)OC(C)(C)C)C(C)(C)c1ccccc1)C(C)(C)C)C(=O)O. The number of likely N-dealkylation sites (N-methyl/N-ethyl adjacent to an activating group) is 2. The summed E-state index contributed by atoms with van der Waals surface area (Å²) in [6.45, 7) is 19.9. The molecule has 3 atom stereocenters. The van der Waals surface area contributed by atoms with Crippen LogP contribution in [-0.4, -0.2) is 76.6 Å². The van der Waals surface area contributed by atoms with Gasteiger partial charge in [0, 0.05) is 25.1 Å². The zero-order valence-electron chi connectivity index (χ0n) is 27.2. The molecule has 1 aromatic rings. The van der Waals surface area contributed by atoms with Crippen LogP contribution < -0.4 is 5.32 Å². The third kappa shape index (κ3) is 9.61. The van der Waals surface area contributed by atoms with E-state index in [1.807, 2.05) is 78.8 Å². The van der Waals surface area contributed by atoms with Crippen molar-refractivity contribution in [2.75, 3.05) is 14.1 Å². The monoisotopic (exact) mass is 573 g/mol. The van der Waals surface area contributed by atoms with E-state index < -0.39 is 52.5 Å². The average molecular weight is 574 g/mol. The molecule has 2 N–H and O–H groups in total. The van der Waals surface area contributed by atoms with Gasteiger partial charge in [0.05, 0.1) is 6.04 Å². The Kier molecular flexibility index (Phi) is 11.8. The highest BCUT2D eigenvalue weighted by molar-refractivity contribution is 5.93. The molecule has 0 aliphatic heterocycles. The van der Waals surface area contributed by atoms with Gasteiger partial charge in [-0.1, -0.05) is 84.9 Å². The van der Waals surface area contributed by atoms with Crippen LogP contribution in [0, 0.1) is 11.3 Å². The summed E-state index contributed by atoms with van der Waals surface area (Å²) >= 11 is 0. The lowest BCUT2D eigenvalue weighted by Crippen LogP contribution is -2.63. The summed E-state index contributed by atoms with van der Waals surface area (Å²) in [6.07, 6.45) is 0.899. The standard InChI is InChI=1S/C32H51N3O6/c1-20(2)23(19-21(3)28(38)39)34(12)27(37)24(30(4,5)6)33-26(36)25(35(13)29(40)41-31(7,8)9)32(10,11)22-17-15-14-16-18-22/h14-20,23-25H,1-13H3,(H,33,36)(H,38,39)/b21-19+/t23-,24?,25-/m1/s1. The first-order valence-electron chi connectivity index (χ1n) is 14.0. The average Bonchev–Trinajstić information content (AvgIpc) is 2.83. The molecule has 0 saturated heterocycles. The Labute approximate surface area is 246 Å². The maximum absolute atomic E-state index is 14.2. The molecular formula is C32H51N3O6. The molecule has 0 heterocycles. The minimum Gasteiger partial charge on any atom is -0.478 e. The molecule has 0 saturated carbocycles. The molecule has 1 rings (SSSR count). The summed E-state index contributed by atoms with van der Waals surface area (Å²) in [6, 6.07) is 6.90. The fourth-order valence-corrected chi connectivity index (χ4v) is 4.75. The van der Waals surface area contributed by atoms with Crippen molar-refractivity contribution in [1.82, 2.24) is 15.1 Å². The molecule has 230 valence electrons. The fraction of sp³-hybridized carbons (Fsp3) is 0.625. The second-order valence-electron chi connectivity index (χ2n) is 13.7. The van der Waals surface area contributed by atoms with Gasteiger partial charge in [0.15, 0.2) is 0 Å². The number of benzene rings is 1. The van der Waals surface area contributed by atoms with Crippen LogP contribution in [0.4, 0.5) is 4.79 Å². The largest absolute Gasteiger partial charge is 0.478 e. The second-order valence-corrected chi connectivity index (χ2v) is 13.7. The van der Waals surface area contributed by atoms with E-state index in [2.05, 4.69) is 5.32 Å². The van der Waals surface area contributed by atoms with E-state index in [-0.39, 0.29) is 17.4 Å². The normalized spacial score (nSPS) is 15.0. The van der Waals surface area contributed by atoms with Crippen LogP contribution in [0.25, 0.3) is 0 Å². The van der Waals surface area contributed by atoms with Crippen molar-refractivity contribution in [2.45, 2.75) is 105 Å². The lowest BCUT2D eigenvalue weighted by molar-refractivity contribution is -0.142. The third-order valence-corrected chi connectivity index (χ3v) is 7.15. The smallest absolute Gasteiger partial charge is 0.410 e. The third-order valence-electron chi connectivity index (χ3n) is 7.15. The van der Waals surface area contributed by atoms with E-state index in [1.165, 1.54) is 23.8 Å². The van der Waals surface area contributed by atoms with E-state index >= 15 is 0 Å². The Morgan fingerprint density at radius 3 is 1.83 bits per heavy atom. The number of nitrogens with zero attached hydrogens (tertiary/aromatic N) is 2. The molecule has 0 aliphatic carbocycles. The molecule has 9 nitrogen and oxygen atoms in total. The Morgan fingerprint density at radius 2 is 1.41 bits per heavy atom. The molecular weight excluding hydrogens is 522 g/mol. The number of rotatable bonds is 10. The van der Waals surface area contributed by atoms with Crippen LogP contribution in [0.2, 0.25) is 0 Å². The van der Waals surface area contributed by atoms with Gasteiger partial charge in [0.1, 0.15) is 17.7 Å². The predicted molar refractivity (Wildman–Crippen MR) is 161 cm³/mol. The summed E-state index contributed by atoms with van der Waals surface area (Å²) in [7, 11) is 3.14. The predicted octanol–water partition coefficient (Wildman–Crippen LogP) is 5.24. The molecule has 0 aliphatic rings. The van der Waals surface area contributed by atoms with Crippen LogP contribution in [0.15, 0.2) is 42.0 Å². The van der Waals surface area contributed by atoms with Crippen molar-refractivity contribution in [3.63, 3.8) is 0 Å². The van der Waals surface area contributed by atoms with Gasteiger partial charge in [0.2, 0.25) is 11.8 Å². The number of aliphatic carboxylic acids is 1. The van der Waals surface area contributed by atoms with Crippen molar-refractivity contribution in [2.24, 2.45) is 11.3 Å². The van der Waals surface area contributed by atoms with Crippen molar-refractivity contribution in [3.05, 3.63) is 47.5 Å². The molecule has 0 bridgehead atoms. The first-order valence-corrected chi connectivity index (χ1v) is 14.0. The minimum atomic E-state index is -1.06. The summed E-state index contributed by atoms with van der Waals surface area (Å²) in [5, 5.41) is 12.4. The van der Waals surface area contributed by atoms with Gasteiger partial charge < -0.3 is 20.1 Å². The Balaban J connectivity index is 3.59. The Morgan fingerprint density at radius 1 is 0.902 bits per heavy atom. The van der Waals surface area contributed by atoms with E-state index in [1.54, 1.807) is 33.9 Å². The molecule has 1 aromatic carbocycles. The number of hydrogen-bond donors (Lipinski definition) is 2. The molecule has 41 heavy (non-hydrogen) atoms. The number of hydrogen-bond acceptors (Lipinski definition) is 5. The molecule has 3 amide bonds. The summed E-state index contributed by atoms with van der Waals surface area (Å²) in [5.41, 5.74) is -1.39. The number of amides is 3. The first-order chi connectivity index (χ1) is 18.5. The van der Waals surface area contributed by atoms with Gasteiger partial charge in [-0.05, 0) is 44.6 Å². The lowest BCUT2D eigenvalue weighted by atomic mass is 9.76. The molecule has 1 unspecified atom stereocenters. The van der Waals surface area contributed by atoms with Crippen LogP contribution >= 0.6 is 0 Å². The van der Waals surface area contributed by atoms with E-state index in [9.17, 15) is 24.3 Å². The molecule has 0 radical (unpaired) electrons. The summed E-state index contributed by atoms with van der Waals surface area (Å²) in [4.78, 5) is 55.7. The van der Waals surface area contributed by atoms with Crippen LogP contribution in [-0.2, 0) is 24.5 Å². The van der Waals surface area contributed by atoms with E-state index in [0.29, 0.717) is 0 Å². The molecule has 0 aromatic heterocycles. The van der Waals surface area contributed by atoms with Gasteiger partial charge in [-0.2, -0.15) is 0 Å². The number of ether oxygens (including phenoxy) is 1. The highest BCUT2D eigenvalue weighted by atomic mass is 16.6. The van der Waals surface area contributed by atoms with Gasteiger partial charge in [-0.3, -0.25) is 14.5 Å². The van der Waals surface area contributed by atoms with Crippen molar-refractivity contribution < 1.29 is 29.0 Å². The van der Waals surface area contributed by atoms with Crippen LogP contribution in [0.5, 0.6) is 0 Å². The number of carboxylic acid groups (broad SMARTS) is 1. The van der Waals surface area contributed by atoms with Crippen LogP contribution in [0.1, 0.15) is 81.7 Å². The maximum Gasteiger partial charge on any atom is 0.410 e. The fourth-order valence-electron chi connectivity index (χ4n) is 4.75. The van der Waals surface area contributed by atoms with E-state index in [0.717, 1.165) is 5.56 Å². The second kappa shape index (κ2) is 13.5. The van der Waals surface area contributed by atoms with Crippen LogP contribution in [0.3, 0.4) is 0 Å². The zero-order valence-corrected chi connectivity index (χ0v) is 27.2. The number of carboxylic acids is 1. The van der Waals surface area contributed by atoms with Gasteiger partial charge >= 0.3 is 12.1 Å². The highest BCUT2D eigenvalue weighted by Gasteiger charge is 2.45. The molecule has 9 heteroatoms. The molecule has 0 spiro atoms. The molecule has 0 fully saturated rings. The van der Waals surface area contributed by atoms with Gasteiger partial charge in [0.25, 0.3) is 0 Å². The van der Waals surface area contributed by atoms with Crippen molar-refractivity contribution >= 4 is 23.9 Å². The van der Waals surface area contributed by atoms with E-state index in [4.69, 9.17) is 4.74 Å².